The monoisotopic (exact) mass is 335 g/mol. The molecule has 0 bridgehead atoms. The number of nitrogens with zero attached hydrogens (tertiary/aromatic N) is 1. The average molecular weight is 335 g/mol. The zero-order valence-electron chi connectivity index (χ0n) is 12.6. The molecule has 1 rings (SSSR count). The summed E-state index contributed by atoms with van der Waals surface area (Å²) < 4.78 is 38.5. The average Bonchev–Trinajstić information content (AvgIpc) is 2.44. The highest BCUT2D eigenvalue weighted by atomic mass is 32.1. The molecule has 0 aliphatic carbocycles. The zero-order valence-corrected chi connectivity index (χ0v) is 13.5. The van der Waals surface area contributed by atoms with Crippen LogP contribution in [0.15, 0.2) is 12.3 Å². The van der Waals surface area contributed by atoms with Crippen molar-refractivity contribution in [1.29, 1.82) is 0 Å². The topological polar surface area (TPSA) is 50.9 Å². The first-order valence-electron chi connectivity index (χ1n) is 7.63. The summed E-state index contributed by atoms with van der Waals surface area (Å²) in [7, 11) is 0. The highest BCUT2D eigenvalue weighted by Crippen LogP contribution is 2.23. The van der Waals surface area contributed by atoms with Crippen LogP contribution < -0.4 is 10.5 Å². The maximum atomic E-state index is 11.9. The van der Waals surface area contributed by atoms with Crippen LogP contribution in [0.1, 0.15) is 56.9 Å². The number of pyridine rings is 1. The van der Waals surface area contributed by atoms with Crippen LogP contribution in [0.2, 0.25) is 0 Å². The van der Waals surface area contributed by atoms with Gasteiger partial charge in [-0.1, -0.05) is 44.9 Å². The van der Waals surface area contributed by atoms with E-state index < -0.39 is 12.6 Å². The lowest BCUT2D eigenvalue weighted by Crippen LogP contribution is -2.06. The second kappa shape index (κ2) is 9.82. The number of nitrogens with one attached hydrogen (secondary N) is 1. The van der Waals surface area contributed by atoms with Crippen molar-refractivity contribution in [3.8, 4) is 0 Å². The number of halogens is 3. The van der Waals surface area contributed by atoms with Gasteiger partial charge in [-0.2, -0.15) is 13.2 Å². The fourth-order valence-corrected chi connectivity index (χ4v) is 2.48. The van der Waals surface area contributed by atoms with E-state index in [0.717, 1.165) is 44.1 Å². The van der Waals surface area contributed by atoms with Crippen LogP contribution >= 0.6 is 12.8 Å². The third-order valence-corrected chi connectivity index (χ3v) is 3.72. The van der Waals surface area contributed by atoms with E-state index in [-0.39, 0.29) is 6.42 Å². The first-order valence-corrected chi connectivity index (χ1v) is 8.08. The number of nitrogen functional groups attached to an aromatic ring is 1. The van der Waals surface area contributed by atoms with Crippen LogP contribution in [0, 0.1) is 0 Å². The Labute approximate surface area is 135 Å². The van der Waals surface area contributed by atoms with E-state index in [2.05, 4.69) is 22.5 Å². The molecule has 1 aromatic rings. The molecule has 0 atom stereocenters. The van der Waals surface area contributed by atoms with Crippen molar-refractivity contribution in [3.63, 3.8) is 0 Å². The van der Waals surface area contributed by atoms with Gasteiger partial charge in [-0.25, -0.2) is 4.98 Å². The number of hydrogen-bond donors (Lipinski definition) is 3. The van der Waals surface area contributed by atoms with E-state index in [1.54, 1.807) is 6.20 Å². The lowest BCUT2D eigenvalue weighted by Gasteiger charge is -2.07. The molecule has 0 unspecified atom stereocenters. The Hall–Kier alpha value is -1.11. The molecule has 0 saturated heterocycles. The minimum absolute atomic E-state index is 0.250. The molecule has 22 heavy (non-hydrogen) atoms. The number of aromatic nitrogens is 1. The summed E-state index contributed by atoms with van der Waals surface area (Å²) in [4.78, 5) is 4.16. The number of anilines is 2. The Balaban J connectivity index is 2.03. The van der Waals surface area contributed by atoms with Gasteiger partial charge in [0, 0.05) is 12.6 Å². The van der Waals surface area contributed by atoms with Gasteiger partial charge >= 0.3 is 6.18 Å². The minimum Gasteiger partial charge on any atom is -0.396 e. The molecule has 3 nitrogen and oxygen atoms in total. The van der Waals surface area contributed by atoms with Crippen molar-refractivity contribution in [2.75, 3.05) is 10.5 Å². The third kappa shape index (κ3) is 8.36. The van der Waals surface area contributed by atoms with E-state index >= 15 is 0 Å². The molecule has 0 amide bonds. The molecular weight excluding hydrogens is 311 g/mol. The summed E-state index contributed by atoms with van der Waals surface area (Å²) in [5.74, 6) is 0.561. The van der Waals surface area contributed by atoms with Gasteiger partial charge in [-0.05, 0) is 30.9 Å². The molecule has 1 aromatic heterocycles. The largest absolute Gasteiger partial charge is 0.396 e. The fraction of sp³-hybridized carbons (Fsp3) is 0.667. The van der Waals surface area contributed by atoms with Crippen molar-refractivity contribution in [1.82, 2.24) is 4.98 Å². The predicted octanol–water partition coefficient (Wildman–Crippen LogP) is 5.15. The Morgan fingerprint density at radius 1 is 1.05 bits per heavy atom. The first-order chi connectivity index (χ1) is 10.4. The molecule has 0 fully saturated rings. The van der Waals surface area contributed by atoms with E-state index in [9.17, 15) is 13.2 Å². The van der Waals surface area contributed by atoms with Gasteiger partial charge in [0.1, 0.15) is 0 Å². The van der Waals surface area contributed by atoms with E-state index in [0.29, 0.717) is 17.9 Å². The van der Waals surface area contributed by atoms with Gasteiger partial charge in [0.15, 0.2) is 5.82 Å². The summed E-state index contributed by atoms with van der Waals surface area (Å²) in [6, 6.07) is 1.89. The van der Waals surface area contributed by atoms with Gasteiger partial charge in [0.2, 0.25) is 0 Å². The van der Waals surface area contributed by atoms with Crippen LogP contribution in [0.5, 0.6) is 0 Å². The third-order valence-electron chi connectivity index (χ3n) is 3.51. The Bertz CT molecular complexity index is 439. The quantitative estimate of drug-likeness (QED) is 0.409. The lowest BCUT2D eigenvalue weighted by molar-refractivity contribution is -0.135. The zero-order chi connectivity index (χ0) is 16.4. The maximum Gasteiger partial charge on any atom is 0.389 e. The number of nitrogens with two attached hydrogens (primary N) is 1. The fourth-order valence-electron chi connectivity index (χ4n) is 2.30. The van der Waals surface area contributed by atoms with Crippen LogP contribution in [0.3, 0.4) is 0 Å². The lowest BCUT2D eigenvalue weighted by atomic mass is 10.0. The van der Waals surface area contributed by atoms with E-state index in [1.807, 2.05) is 6.07 Å². The molecule has 3 N–H and O–H groups in total. The number of aryl methyl sites for hydroxylation is 1. The minimum atomic E-state index is -4.01. The molecule has 0 aliphatic rings. The Morgan fingerprint density at radius 3 is 2.18 bits per heavy atom. The Morgan fingerprint density at radius 2 is 1.64 bits per heavy atom. The Kier molecular flexibility index (Phi) is 8.45. The molecule has 1 heterocycles. The second-order valence-electron chi connectivity index (χ2n) is 5.48. The van der Waals surface area contributed by atoms with Crippen molar-refractivity contribution in [2.24, 2.45) is 0 Å². The molecule has 0 aromatic carbocycles. The highest BCUT2D eigenvalue weighted by Gasteiger charge is 2.25. The summed E-state index contributed by atoms with van der Waals surface area (Å²) in [6.45, 7) is 0. The predicted molar refractivity (Wildman–Crippen MR) is 88.0 cm³/mol. The second-order valence-corrected chi connectivity index (χ2v) is 5.71. The summed E-state index contributed by atoms with van der Waals surface area (Å²) >= 11 is 3.91. The maximum absolute atomic E-state index is 11.9. The van der Waals surface area contributed by atoms with Gasteiger partial charge < -0.3 is 10.5 Å². The summed E-state index contributed by atoms with van der Waals surface area (Å²) in [6.07, 6.45) is 4.01. The number of alkyl halides is 3. The molecule has 0 aliphatic heterocycles. The van der Waals surface area contributed by atoms with Gasteiger partial charge in [0.05, 0.1) is 5.69 Å². The smallest absolute Gasteiger partial charge is 0.389 e. The highest BCUT2D eigenvalue weighted by molar-refractivity contribution is 7.81. The van der Waals surface area contributed by atoms with E-state index in [1.165, 1.54) is 0 Å². The molecular formula is C15H24F3N3S. The number of rotatable bonds is 10. The molecule has 0 saturated carbocycles. The van der Waals surface area contributed by atoms with Crippen molar-refractivity contribution < 1.29 is 13.2 Å². The van der Waals surface area contributed by atoms with Crippen molar-refractivity contribution >= 4 is 24.3 Å². The van der Waals surface area contributed by atoms with E-state index in [4.69, 9.17) is 5.73 Å². The van der Waals surface area contributed by atoms with Crippen LogP contribution in [0.4, 0.5) is 24.7 Å². The molecule has 0 radical (unpaired) electrons. The normalized spacial score (nSPS) is 11.6. The van der Waals surface area contributed by atoms with Crippen LogP contribution in [-0.4, -0.2) is 11.2 Å². The summed E-state index contributed by atoms with van der Waals surface area (Å²) in [5, 5.41) is 0. The van der Waals surface area contributed by atoms with Crippen LogP contribution in [-0.2, 0) is 6.42 Å². The molecule has 0 spiro atoms. The van der Waals surface area contributed by atoms with Gasteiger partial charge in [-0.15, -0.1) is 0 Å². The number of hydrogen-bond acceptors (Lipinski definition) is 4. The van der Waals surface area contributed by atoms with Gasteiger partial charge in [-0.3, -0.25) is 0 Å². The SMILES string of the molecule is Nc1cc(CCCCCCCCCC(F)(F)F)cnc1NS. The first kappa shape index (κ1) is 18.9. The van der Waals surface area contributed by atoms with Crippen LogP contribution in [0.25, 0.3) is 0 Å². The molecule has 126 valence electrons. The van der Waals surface area contributed by atoms with Crippen molar-refractivity contribution in [3.05, 3.63) is 17.8 Å². The molecule has 7 heteroatoms. The number of thiol groups is 1. The standard InChI is InChI=1S/C15H24F3N3S/c16-15(17,18)9-7-5-3-1-2-4-6-8-12-10-13(19)14(21-22)20-11-12/h10-11,22H,1-9,19H2,(H,20,21). The van der Waals surface area contributed by atoms with Gasteiger partial charge in [0.25, 0.3) is 0 Å². The number of unbranched alkanes of at least 4 members (excludes halogenated alkanes) is 6. The van der Waals surface area contributed by atoms with Crippen molar-refractivity contribution in [2.45, 2.75) is 64.0 Å². The summed E-state index contributed by atoms with van der Waals surface area (Å²) in [5.41, 5.74) is 7.48.